The van der Waals surface area contributed by atoms with Gasteiger partial charge in [0.05, 0.1) is 0 Å². The van der Waals surface area contributed by atoms with E-state index < -0.39 is 0 Å². The van der Waals surface area contributed by atoms with Gasteiger partial charge in [0.2, 0.25) is 0 Å². The minimum atomic E-state index is 0.353. The third kappa shape index (κ3) is 1.64. The summed E-state index contributed by atoms with van der Waals surface area (Å²) in [6.07, 6.45) is 4.11. The van der Waals surface area contributed by atoms with Crippen molar-refractivity contribution in [2.45, 2.75) is 44.7 Å². The van der Waals surface area contributed by atoms with Crippen LogP contribution in [-0.4, -0.2) is 24.7 Å². The highest BCUT2D eigenvalue weighted by Crippen LogP contribution is 2.33. The molecule has 2 unspecified atom stereocenters. The lowest BCUT2D eigenvalue weighted by molar-refractivity contribution is 0.234. The van der Waals surface area contributed by atoms with Gasteiger partial charge in [0, 0.05) is 24.7 Å². The number of piperazine rings is 1. The summed E-state index contributed by atoms with van der Waals surface area (Å²) in [5.74, 6) is 0.985. The SMILES string of the molecule is CCC1(C)CNC(C2CC2)CN1. The van der Waals surface area contributed by atoms with Gasteiger partial charge in [-0.3, -0.25) is 0 Å². The Morgan fingerprint density at radius 3 is 2.58 bits per heavy atom. The van der Waals surface area contributed by atoms with E-state index in [1.165, 1.54) is 25.8 Å². The lowest BCUT2D eigenvalue weighted by atomic mass is 9.94. The summed E-state index contributed by atoms with van der Waals surface area (Å²) >= 11 is 0. The van der Waals surface area contributed by atoms with Crippen molar-refractivity contribution in [1.29, 1.82) is 0 Å². The van der Waals surface area contributed by atoms with Crippen LogP contribution in [0.5, 0.6) is 0 Å². The van der Waals surface area contributed by atoms with Crippen molar-refractivity contribution in [2.24, 2.45) is 5.92 Å². The highest BCUT2D eigenvalue weighted by atomic mass is 15.1. The van der Waals surface area contributed by atoms with Gasteiger partial charge in [-0.2, -0.15) is 0 Å². The molecule has 2 N–H and O–H groups in total. The molecule has 0 amide bonds. The molecule has 2 heteroatoms. The van der Waals surface area contributed by atoms with Gasteiger partial charge in [0.25, 0.3) is 0 Å². The Bertz CT molecular complexity index is 155. The summed E-state index contributed by atoms with van der Waals surface area (Å²) in [4.78, 5) is 0. The lowest BCUT2D eigenvalue weighted by Crippen LogP contribution is -2.61. The van der Waals surface area contributed by atoms with Crippen molar-refractivity contribution in [3.63, 3.8) is 0 Å². The molecule has 12 heavy (non-hydrogen) atoms. The van der Waals surface area contributed by atoms with Crippen LogP contribution in [0.3, 0.4) is 0 Å². The average Bonchev–Trinajstić information content (AvgIpc) is 2.89. The fraction of sp³-hybridized carbons (Fsp3) is 1.00. The lowest BCUT2D eigenvalue weighted by Gasteiger charge is -2.39. The first-order chi connectivity index (χ1) is 5.73. The first-order valence-corrected chi connectivity index (χ1v) is 5.22. The highest BCUT2D eigenvalue weighted by molar-refractivity contribution is 4.97. The maximum Gasteiger partial charge on any atom is 0.0276 e. The summed E-state index contributed by atoms with van der Waals surface area (Å²) in [7, 11) is 0. The Morgan fingerprint density at radius 1 is 1.42 bits per heavy atom. The predicted octanol–water partition coefficient (Wildman–Crippen LogP) is 1.13. The van der Waals surface area contributed by atoms with Gasteiger partial charge in [-0.15, -0.1) is 0 Å². The minimum absolute atomic E-state index is 0.353. The van der Waals surface area contributed by atoms with E-state index in [2.05, 4.69) is 24.5 Å². The summed E-state index contributed by atoms with van der Waals surface area (Å²) in [5.41, 5.74) is 0.353. The third-order valence-electron chi connectivity index (χ3n) is 3.47. The fourth-order valence-corrected chi connectivity index (χ4v) is 1.93. The Morgan fingerprint density at radius 2 is 2.17 bits per heavy atom. The molecule has 1 aliphatic carbocycles. The van der Waals surface area contributed by atoms with Crippen LogP contribution in [0.2, 0.25) is 0 Å². The van der Waals surface area contributed by atoms with Crippen LogP contribution in [0.4, 0.5) is 0 Å². The largest absolute Gasteiger partial charge is 0.311 e. The van der Waals surface area contributed by atoms with Crippen LogP contribution in [0.25, 0.3) is 0 Å². The normalized spacial score (nSPS) is 43.0. The van der Waals surface area contributed by atoms with Crippen LogP contribution in [0.15, 0.2) is 0 Å². The molecule has 0 spiro atoms. The summed E-state index contributed by atoms with van der Waals surface area (Å²) in [6, 6.07) is 0.768. The Balaban J connectivity index is 1.83. The maximum atomic E-state index is 3.66. The molecule has 0 radical (unpaired) electrons. The molecular formula is C10H20N2. The number of rotatable bonds is 2. The second-order valence-corrected chi connectivity index (χ2v) is 4.62. The van der Waals surface area contributed by atoms with Gasteiger partial charge >= 0.3 is 0 Å². The quantitative estimate of drug-likeness (QED) is 0.646. The van der Waals surface area contributed by atoms with E-state index in [1.54, 1.807) is 0 Å². The first-order valence-electron chi connectivity index (χ1n) is 5.22. The average molecular weight is 168 g/mol. The van der Waals surface area contributed by atoms with Gasteiger partial charge in [0.15, 0.2) is 0 Å². The molecule has 0 aromatic rings. The van der Waals surface area contributed by atoms with E-state index in [-0.39, 0.29) is 0 Å². The minimum Gasteiger partial charge on any atom is -0.311 e. The van der Waals surface area contributed by atoms with E-state index in [4.69, 9.17) is 0 Å². The topological polar surface area (TPSA) is 24.1 Å². The zero-order valence-electron chi connectivity index (χ0n) is 8.19. The summed E-state index contributed by atoms with van der Waals surface area (Å²) < 4.78 is 0. The molecule has 70 valence electrons. The van der Waals surface area contributed by atoms with Crippen molar-refractivity contribution >= 4 is 0 Å². The summed E-state index contributed by atoms with van der Waals surface area (Å²) in [6.45, 7) is 6.88. The van der Waals surface area contributed by atoms with Gasteiger partial charge in [-0.1, -0.05) is 6.92 Å². The highest BCUT2D eigenvalue weighted by Gasteiger charge is 2.36. The molecule has 0 bridgehead atoms. The monoisotopic (exact) mass is 168 g/mol. The Kier molecular flexibility index (Phi) is 2.13. The molecule has 2 atom stereocenters. The number of hydrogen-bond donors (Lipinski definition) is 2. The first kappa shape index (κ1) is 8.52. The zero-order valence-corrected chi connectivity index (χ0v) is 8.19. The van der Waals surface area contributed by atoms with Gasteiger partial charge < -0.3 is 10.6 Å². The maximum absolute atomic E-state index is 3.66. The molecule has 2 aliphatic rings. The van der Waals surface area contributed by atoms with Crippen LogP contribution in [0, 0.1) is 5.92 Å². The van der Waals surface area contributed by atoms with Crippen molar-refractivity contribution in [1.82, 2.24) is 10.6 Å². The smallest absolute Gasteiger partial charge is 0.0276 e. The molecule has 1 saturated carbocycles. The van der Waals surface area contributed by atoms with Gasteiger partial charge in [-0.05, 0) is 32.1 Å². The Labute approximate surface area is 75.1 Å². The molecule has 1 saturated heterocycles. The van der Waals surface area contributed by atoms with Crippen molar-refractivity contribution < 1.29 is 0 Å². The van der Waals surface area contributed by atoms with Crippen molar-refractivity contribution in [3.05, 3.63) is 0 Å². The molecule has 2 rings (SSSR count). The van der Waals surface area contributed by atoms with Crippen LogP contribution in [-0.2, 0) is 0 Å². The Hall–Kier alpha value is -0.0800. The van der Waals surface area contributed by atoms with Crippen LogP contribution < -0.4 is 10.6 Å². The molecule has 1 heterocycles. The summed E-state index contributed by atoms with van der Waals surface area (Å²) in [5, 5.41) is 7.31. The molecule has 1 aliphatic heterocycles. The predicted molar refractivity (Wildman–Crippen MR) is 51.2 cm³/mol. The van der Waals surface area contributed by atoms with E-state index in [0.717, 1.165) is 18.5 Å². The van der Waals surface area contributed by atoms with Gasteiger partial charge in [-0.25, -0.2) is 0 Å². The van der Waals surface area contributed by atoms with Gasteiger partial charge in [0.1, 0.15) is 0 Å². The van der Waals surface area contributed by atoms with Crippen LogP contribution in [0.1, 0.15) is 33.1 Å². The van der Waals surface area contributed by atoms with E-state index in [9.17, 15) is 0 Å². The molecule has 2 fully saturated rings. The zero-order chi connectivity index (χ0) is 8.60. The van der Waals surface area contributed by atoms with E-state index >= 15 is 0 Å². The molecule has 0 aromatic carbocycles. The van der Waals surface area contributed by atoms with Crippen LogP contribution >= 0.6 is 0 Å². The van der Waals surface area contributed by atoms with Crippen molar-refractivity contribution in [3.8, 4) is 0 Å². The fourth-order valence-electron chi connectivity index (χ4n) is 1.93. The number of hydrogen-bond acceptors (Lipinski definition) is 2. The second-order valence-electron chi connectivity index (χ2n) is 4.62. The van der Waals surface area contributed by atoms with E-state index in [0.29, 0.717) is 5.54 Å². The molecule has 0 aromatic heterocycles. The third-order valence-corrected chi connectivity index (χ3v) is 3.47. The van der Waals surface area contributed by atoms with Crippen molar-refractivity contribution in [2.75, 3.05) is 13.1 Å². The standard InChI is InChI=1S/C10H20N2/c1-3-10(2)7-11-9(6-12-10)8-4-5-8/h8-9,11-12H,3-7H2,1-2H3. The second kappa shape index (κ2) is 3.00. The molecular weight excluding hydrogens is 148 g/mol. The number of nitrogens with one attached hydrogen (secondary N) is 2. The van der Waals surface area contributed by atoms with E-state index in [1.807, 2.05) is 0 Å². The molecule has 2 nitrogen and oxygen atoms in total.